The summed E-state index contributed by atoms with van der Waals surface area (Å²) < 4.78 is 10.6. The molecule has 0 radical (unpaired) electrons. The van der Waals surface area contributed by atoms with Crippen LogP contribution in [0.5, 0.6) is 0 Å². The number of hydrogen-bond acceptors (Lipinski definition) is 4. The first kappa shape index (κ1) is 17.5. The Kier molecular flexibility index (Phi) is 5.42. The molecule has 0 aromatic rings. The summed E-state index contributed by atoms with van der Waals surface area (Å²) in [6.45, 7) is 12.2. The molecule has 0 aliphatic carbocycles. The van der Waals surface area contributed by atoms with Gasteiger partial charge in [-0.1, -0.05) is 5.57 Å². The van der Waals surface area contributed by atoms with Gasteiger partial charge in [-0.25, -0.2) is 9.59 Å². The number of amides is 1. The first-order chi connectivity index (χ1) is 9.46. The van der Waals surface area contributed by atoms with Crippen LogP contribution in [0.2, 0.25) is 0 Å². The van der Waals surface area contributed by atoms with Crippen molar-refractivity contribution in [3.05, 3.63) is 11.6 Å². The fourth-order valence-electron chi connectivity index (χ4n) is 1.95. The van der Waals surface area contributed by atoms with Crippen molar-refractivity contribution in [1.29, 1.82) is 0 Å². The standard InChI is InChI=1S/C16H27NO4/c1-15(2,3)20-13(18)11-12-7-9-17(10-8-12)14(19)21-16(4,5)6/h11H,7-10H2,1-6H3. The van der Waals surface area contributed by atoms with Gasteiger partial charge in [0.15, 0.2) is 0 Å². The van der Waals surface area contributed by atoms with Gasteiger partial charge in [-0.15, -0.1) is 0 Å². The van der Waals surface area contributed by atoms with Crippen molar-refractivity contribution in [3.8, 4) is 0 Å². The molecule has 21 heavy (non-hydrogen) atoms. The van der Waals surface area contributed by atoms with Gasteiger partial charge < -0.3 is 14.4 Å². The first-order valence-electron chi connectivity index (χ1n) is 7.37. The molecule has 0 saturated carbocycles. The molecule has 0 unspecified atom stereocenters. The smallest absolute Gasteiger partial charge is 0.410 e. The molecule has 0 aromatic heterocycles. The molecule has 0 atom stereocenters. The predicted molar refractivity (Wildman–Crippen MR) is 81.0 cm³/mol. The highest BCUT2D eigenvalue weighted by Crippen LogP contribution is 2.19. The lowest BCUT2D eigenvalue weighted by Crippen LogP contribution is -2.40. The number of nitrogens with zero attached hydrogens (tertiary/aromatic N) is 1. The molecule has 120 valence electrons. The van der Waals surface area contributed by atoms with Crippen molar-refractivity contribution in [2.24, 2.45) is 0 Å². The summed E-state index contributed by atoms with van der Waals surface area (Å²) in [4.78, 5) is 25.3. The van der Waals surface area contributed by atoms with Crippen LogP contribution in [0.4, 0.5) is 4.79 Å². The van der Waals surface area contributed by atoms with Crippen LogP contribution >= 0.6 is 0 Å². The number of ether oxygens (including phenoxy) is 2. The van der Waals surface area contributed by atoms with Crippen LogP contribution < -0.4 is 0 Å². The zero-order chi connectivity index (χ0) is 16.3. The summed E-state index contributed by atoms with van der Waals surface area (Å²) in [5.74, 6) is -0.316. The maximum absolute atomic E-state index is 11.9. The molecule has 1 rings (SSSR count). The van der Waals surface area contributed by atoms with E-state index >= 15 is 0 Å². The fraction of sp³-hybridized carbons (Fsp3) is 0.750. The summed E-state index contributed by atoms with van der Waals surface area (Å²) >= 11 is 0. The highest BCUT2D eigenvalue weighted by atomic mass is 16.6. The molecule has 0 bridgehead atoms. The molecule has 0 spiro atoms. The molecular weight excluding hydrogens is 270 g/mol. The Balaban J connectivity index is 2.48. The van der Waals surface area contributed by atoms with E-state index in [1.807, 2.05) is 41.5 Å². The van der Waals surface area contributed by atoms with Crippen molar-refractivity contribution in [2.45, 2.75) is 65.6 Å². The quantitative estimate of drug-likeness (QED) is 0.550. The fourth-order valence-corrected chi connectivity index (χ4v) is 1.95. The number of carbonyl (C=O) groups excluding carboxylic acids is 2. The molecular formula is C16H27NO4. The molecule has 5 heteroatoms. The van der Waals surface area contributed by atoms with Crippen molar-refractivity contribution in [2.75, 3.05) is 13.1 Å². The normalized spacial score (nSPS) is 16.5. The van der Waals surface area contributed by atoms with E-state index in [2.05, 4.69) is 0 Å². The maximum Gasteiger partial charge on any atom is 0.410 e. The van der Waals surface area contributed by atoms with Crippen LogP contribution in [0.3, 0.4) is 0 Å². The van der Waals surface area contributed by atoms with Crippen molar-refractivity contribution >= 4 is 12.1 Å². The van der Waals surface area contributed by atoms with Crippen LogP contribution in [-0.2, 0) is 14.3 Å². The number of esters is 1. The Morgan fingerprint density at radius 2 is 1.43 bits per heavy atom. The lowest BCUT2D eigenvalue weighted by atomic mass is 10.0. The molecule has 0 aromatic carbocycles. The Bertz CT molecular complexity index is 417. The van der Waals surface area contributed by atoms with E-state index < -0.39 is 11.2 Å². The van der Waals surface area contributed by atoms with Crippen molar-refractivity contribution in [1.82, 2.24) is 4.90 Å². The second kappa shape index (κ2) is 6.50. The SMILES string of the molecule is CC(C)(C)OC(=O)C=C1CCN(C(=O)OC(C)(C)C)CC1. The van der Waals surface area contributed by atoms with Crippen molar-refractivity contribution < 1.29 is 19.1 Å². The molecule has 1 aliphatic rings. The van der Waals surface area contributed by atoms with E-state index in [4.69, 9.17) is 9.47 Å². The average Bonchev–Trinajstić information content (AvgIpc) is 2.24. The first-order valence-corrected chi connectivity index (χ1v) is 7.37. The highest BCUT2D eigenvalue weighted by Gasteiger charge is 2.25. The number of likely N-dealkylation sites (tertiary alicyclic amines) is 1. The topological polar surface area (TPSA) is 55.8 Å². The van der Waals surface area contributed by atoms with Gasteiger partial charge in [-0.3, -0.25) is 0 Å². The van der Waals surface area contributed by atoms with Gasteiger partial charge in [0.05, 0.1) is 0 Å². The molecule has 1 amide bonds. The van der Waals surface area contributed by atoms with Gasteiger partial charge >= 0.3 is 12.1 Å². The van der Waals surface area contributed by atoms with Crippen LogP contribution in [-0.4, -0.2) is 41.3 Å². The third-order valence-electron chi connectivity index (χ3n) is 2.79. The molecule has 1 saturated heterocycles. The van der Waals surface area contributed by atoms with E-state index in [0.717, 1.165) is 5.57 Å². The zero-order valence-corrected chi connectivity index (χ0v) is 14.0. The Morgan fingerprint density at radius 1 is 0.952 bits per heavy atom. The zero-order valence-electron chi connectivity index (χ0n) is 14.0. The number of piperidine rings is 1. The average molecular weight is 297 g/mol. The number of carbonyl (C=O) groups is 2. The van der Waals surface area contributed by atoms with Crippen molar-refractivity contribution in [3.63, 3.8) is 0 Å². The monoisotopic (exact) mass is 297 g/mol. The molecule has 1 fully saturated rings. The van der Waals surface area contributed by atoms with Gasteiger partial charge in [0.1, 0.15) is 11.2 Å². The lowest BCUT2D eigenvalue weighted by molar-refractivity contribution is -0.148. The van der Waals surface area contributed by atoms with Crippen LogP contribution in [0, 0.1) is 0 Å². The molecule has 0 N–H and O–H groups in total. The van der Waals surface area contributed by atoms with Crippen LogP contribution in [0.25, 0.3) is 0 Å². The number of hydrogen-bond donors (Lipinski definition) is 0. The molecule has 5 nitrogen and oxygen atoms in total. The predicted octanol–water partition coefficient (Wildman–Crippen LogP) is 3.29. The van der Waals surface area contributed by atoms with Gasteiger partial charge in [-0.2, -0.15) is 0 Å². The third kappa shape index (κ3) is 7.16. The van der Waals surface area contributed by atoms with E-state index in [9.17, 15) is 9.59 Å². The van der Waals surface area contributed by atoms with Crippen LogP contribution in [0.15, 0.2) is 11.6 Å². The van der Waals surface area contributed by atoms with Gasteiger partial charge in [0, 0.05) is 19.2 Å². The van der Waals surface area contributed by atoms with E-state index in [1.165, 1.54) is 0 Å². The van der Waals surface area contributed by atoms with E-state index in [-0.39, 0.29) is 12.1 Å². The van der Waals surface area contributed by atoms with Gasteiger partial charge in [0.25, 0.3) is 0 Å². The highest BCUT2D eigenvalue weighted by molar-refractivity contribution is 5.83. The third-order valence-corrected chi connectivity index (χ3v) is 2.79. The van der Waals surface area contributed by atoms with Gasteiger partial charge in [0.2, 0.25) is 0 Å². The second-order valence-electron chi connectivity index (χ2n) is 7.30. The Morgan fingerprint density at radius 3 is 1.86 bits per heavy atom. The Hall–Kier alpha value is -1.52. The van der Waals surface area contributed by atoms with E-state index in [0.29, 0.717) is 25.9 Å². The molecule has 1 aliphatic heterocycles. The minimum atomic E-state index is -0.482. The molecule has 1 heterocycles. The lowest BCUT2D eigenvalue weighted by Gasteiger charge is -2.31. The minimum absolute atomic E-state index is 0.293. The number of rotatable bonds is 1. The van der Waals surface area contributed by atoms with E-state index in [1.54, 1.807) is 11.0 Å². The summed E-state index contributed by atoms with van der Waals surface area (Å²) in [5, 5.41) is 0. The largest absolute Gasteiger partial charge is 0.457 e. The maximum atomic E-state index is 11.9. The summed E-state index contributed by atoms with van der Waals surface area (Å²) in [7, 11) is 0. The van der Waals surface area contributed by atoms with Gasteiger partial charge in [-0.05, 0) is 54.4 Å². The summed E-state index contributed by atoms with van der Waals surface area (Å²) in [6.07, 6.45) is 2.62. The Labute approximate surface area is 127 Å². The van der Waals surface area contributed by atoms with Crippen LogP contribution in [0.1, 0.15) is 54.4 Å². The second-order valence-corrected chi connectivity index (χ2v) is 7.30. The summed E-state index contributed by atoms with van der Waals surface area (Å²) in [6, 6.07) is 0. The minimum Gasteiger partial charge on any atom is -0.457 e. The summed E-state index contributed by atoms with van der Waals surface area (Å²) in [5.41, 5.74) is 0.0544.